The first kappa shape index (κ1) is 25.5. The van der Waals surface area contributed by atoms with E-state index in [2.05, 4.69) is 5.32 Å². The molecule has 1 N–H and O–H groups in total. The highest BCUT2D eigenvalue weighted by Crippen LogP contribution is 2.36. The van der Waals surface area contributed by atoms with E-state index in [0.29, 0.717) is 5.75 Å². The molecule has 0 radical (unpaired) electrons. The highest BCUT2D eigenvalue weighted by molar-refractivity contribution is 7.92. The van der Waals surface area contributed by atoms with Crippen molar-refractivity contribution in [3.63, 3.8) is 0 Å². The Kier molecular flexibility index (Phi) is 7.60. The molecule has 184 valence electrons. The van der Waals surface area contributed by atoms with Crippen molar-refractivity contribution in [1.82, 2.24) is 0 Å². The van der Waals surface area contributed by atoms with E-state index in [1.807, 2.05) is 6.92 Å². The lowest BCUT2D eigenvalue weighted by atomic mass is 10.1. The fraction of sp³-hybridized carbons (Fsp3) is 0.208. The highest BCUT2D eigenvalue weighted by Gasteiger charge is 2.30. The normalized spacial score (nSPS) is 11.0. The van der Waals surface area contributed by atoms with Crippen LogP contribution < -0.4 is 19.1 Å². The number of nitro groups is 1. The molecule has 10 nitrogen and oxygen atoms in total. The second kappa shape index (κ2) is 10.4. The molecule has 0 unspecified atom stereocenters. The maximum absolute atomic E-state index is 13.7. The number of amides is 1. The number of carbonyl (C=O) groups is 1. The Bertz CT molecular complexity index is 1360. The molecule has 35 heavy (non-hydrogen) atoms. The Labute approximate surface area is 203 Å². The summed E-state index contributed by atoms with van der Waals surface area (Å²) >= 11 is 0. The average molecular weight is 500 g/mol. The van der Waals surface area contributed by atoms with Gasteiger partial charge in [0, 0.05) is 12.1 Å². The van der Waals surface area contributed by atoms with Gasteiger partial charge in [-0.1, -0.05) is 23.8 Å². The SMILES string of the molecule is COc1ccc(OC)c(N(CC(=O)Nc2cccc([N+](=O)[O-])c2C)S(=O)(=O)c2ccc(C)cc2)c1. The van der Waals surface area contributed by atoms with Gasteiger partial charge in [0.15, 0.2) is 0 Å². The van der Waals surface area contributed by atoms with Crippen molar-refractivity contribution in [2.75, 3.05) is 30.4 Å². The number of hydrogen-bond acceptors (Lipinski definition) is 7. The minimum absolute atomic E-state index is 0.0210. The summed E-state index contributed by atoms with van der Waals surface area (Å²) in [6.07, 6.45) is 0. The van der Waals surface area contributed by atoms with Crippen molar-refractivity contribution in [3.05, 3.63) is 81.9 Å². The number of methoxy groups -OCH3 is 2. The second-order valence-corrected chi connectivity index (χ2v) is 9.48. The van der Waals surface area contributed by atoms with Crippen LogP contribution in [-0.4, -0.2) is 40.0 Å². The molecule has 0 heterocycles. The third-order valence-corrected chi connectivity index (χ3v) is 7.10. The number of ether oxygens (including phenoxy) is 2. The first-order valence-electron chi connectivity index (χ1n) is 10.4. The molecule has 0 saturated carbocycles. The number of aryl methyl sites for hydroxylation is 1. The van der Waals surface area contributed by atoms with E-state index in [-0.39, 0.29) is 33.3 Å². The predicted octanol–water partition coefficient (Wildman–Crippen LogP) is 4.06. The number of anilines is 2. The molecule has 0 aliphatic heterocycles. The van der Waals surface area contributed by atoms with Gasteiger partial charge in [-0.3, -0.25) is 19.2 Å². The van der Waals surface area contributed by atoms with Crippen LogP contribution in [0, 0.1) is 24.0 Å². The first-order valence-corrected chi connectivity index (χ1v) is 11.9. The smallest absolute Gasteiger partial charge is 0.274 e. The van der Waals surface area contributed by atoms with Gasteiger partial charge in [0.1, 0.15) is 18.0 Å². The van der Waals surface area contributed by atoms with E-state index in [9.17, 15) is 23.3 Å². The van der Waals surface area contributed by atoms with E-state index in [1.54, 1.807) is 18.2 Å². The number of nitrogens with one attached hydrogen (secondary N) is 1. The summed E-state index contributed by atoms with van der Waals surface area (Å²) in [4.78, 5) is 23.7. The molecule has 3 aromatic carbocycles. The number of nitrogens with zero attached hydrogens (tertiary/aromatic N) is 2. The number of sulfonamides is 1. The predicted molar refractivity (Wildman–Crippen MR) is 132 cm³/mol. The number of benzene rings is 3. The molecule has 0 bridgehead atoms. The lowest BCUT2D eigenvalue weighted by molar-refractivity contribution is -0.385. The first-order chi connectivity index (χ1) is 16.6. The van der Waals surface area contributed by atoms with Gasteiger partial charge in [-0.05, 0) is 44.2 Å². The zero-order chi connectivity index (χ0) is 25.8. The summed E-state index contributed by atoms with van der Waals surface area (Å²) in [5.74, 6) is -0.130. The molecular formula is C24H25N3O7S. The molecule has 0 fully saturated rings. The van der Waals surface area contributed by atoms with Crippen LogP contribution in [0.2, 0.25) is 0 Å². The van der Waals surface area contributed by atoms with Crippen molar-refractivity contribution >= 4 is 33.0 Å². The van der Waals surface area contributed by atoms with Crippen LogP contribution in [0.4, 0.5) is 17.1 Å². The second-order valence-electron chi connectivity index (χ2n) is 7.62. The van der Waals surface area contributed by atoms with Crippen molar-refractivity contribution in [1.29, 1.82) is 0 Å². The van der Waals surface area contributed by atoms with Gasteiger partial charge in [0.2, 0.25) is 5.91 Å². The maximum atomic E-state index is 13.7. The van der Waals surface area contributed by atoms with Gasteiger partial charge in [0.05, 0.1) is 41.0 Å². The average Bonchev–Trinajstić information content (AvgIpc) is 2.83. The molecule has 0 spiro atoms. The summed E-state index contributed by atoms with van der Waals surface area (Å²) in [7, 11) is -1.40. The molecular weight excluding hydrogens is 474 g/mol. The molecule has 3 rings (SSSR count). The monoisotopic (exact) mass is 499 g/mol. The molecule has 11 heteroatoms. The third-order valence-electron chi connectivity index (χ3n) is 5.33. The largest absolute Gasteiger partial charge is 0.497 e. The zero-order valence-corrected chi connectivity index (χ0v) is 20.5. The quantitative estimate of drug-likeness (QED) is 0.347. The van der Waals surface area contributed by atoms with Gasteiger partial charge in [-0.15, -0.1) is 0 Å². The molecule has 0 atom stereocenters. The Hall–Kier alpha value is -4.12. The topological polar surface area (TPSA) is 128 Å². The van der Waals surface area contributed by atoms with Crippen molar-refractivity contribution in [2.45, 2.75) is 18.7 Å². The lowest BCUT2D eigenvalue weighted by Crippen LogP contribution is -2.38. The fourth-order valence-corrected chi connectivity index (χ4v) is 4.83. The Morgan fingerprint density at radius 2 is 1.71 bits per heavy atom. The van der Waals surface area contributed by atoms with Gasteiger partial charge in [-0.2, -0.15) is 0 Å². The maximum Gasteiger partial charge on any atom is 0.274 e. The fourth-order valence-electron chi connectivity index (χ4n) is 3.41. The molecule has 0 aliphatic carbocycles. The molecule has 0 aliphatic rings. The van der Waals surface area contributed by atoms with Crippen LogP contribution >= 0.6 is 0 Å². The minimum atomic E-state index is -4.22. The van der Waals surface area contributed by atoms with Crippen molar-refractivity contribution in [2.24, 2.45) is 0 Å². The van der Waals surface area contributed by atoms with E-state index >= 15 is 0 Å². The number of carbonyl (C=O) groups excluding carboxylic acids is 1. The number of hydrogen-bond donors (Lipinski definition) is 1. The van der Waals surface area contributed by atoms with Crippen molar-refractivity contribution in [3.8, 4) is 11.5 Å². The zero-order valence-electron chi connectivity index (χ0n) is 19.6. The number of rotatable bonds is 9. The van der Waals surface area contributed by atoms with Crippen LogP contribution in [0.25, 0.3) is 0 Å². The van der Waals surface area contributed by atoms with Crippen LogP contribution in [0.1, 0.15) is 11.1 Å². The van der Waals surface area contributed by atoms with Crippen molar-refractivity contribution < 1.29 is 27.6 Å². The van der Waals surface area contributed by atoms with Crippen LogP contribution in [-0.2, 0) is 14.8 Å². The molecule has 1 amide bonds. The molecule has 3 aromatic rings. The minimum Gasteiger partial charge on any atom is -0.497 e. The van der Waals surface area contributed by atoms with E-state index < -0.39 is 27.4 Å². The summed E-state index contributed by atoms with van der Waals surface area (Å²) < 4.78 is 38.9. The number of nitro benzene ring substituents is 1. The van der Waals surface area contributed by atoms with Gasteiger partial charge in [0.25, 0.3) is 15.7 Å². The lowest BCUT2D eigenvalue weighted by Gasteiger charge is -2.26. The molecule has 0 aromatic heterocycles. The van der Waals surface area contributed by atoms with Crippen LogP contribution in [0.3, 0.4) is 0 Å². The Morgan fingerprint density at radius 3 is 2.31 bits per heavy atom. The molecule has 0 saturated heterocycles. The standard InChI is InChI=1S/C24H25N3O7S/c1-16-8-11-19(12-9-16)35(31,32)26(22-14-18(33-3)10-13-23(22)34-4)15-24(28)25-20-6-5-7-21(17(20)2)27(29)30/h5-14H,15H2,1-4H3,(H,25,28). The van der Waals surface area contributed by atoms with Crippen LogP contribution in [0.15, 0.2) is 65.6 Å². The van der Waals surface area contributed by atoms with Gasteiger partial charge in [-0.25, -0.2) is 8.42 Å². The van der Waals surface area contributed by atoms with Gasteiger partial charge < -0.3 is 14.8 Å². The summed E-state index contributed by atoms with van der Waals surface area (Å²) in [6, 6.07) is 15.1. The Balaban J connectivity index is 2.06. The van der Waals surface area contributed by atoms with E-state index in [1.165, 1.54) is 63.6 Å². The summed E-state index contributed by atoms with van der Waals surface area (Å²) in [5.41, 5.74) is 1.25. The summed E-state index contributed by atoms with van der Waals surface area (Å²) in [6.45, 7) is 2.70. The summed E-state index contributed by atoms with van der Waals surface area (Å²) in [5, 5.41) is 13.8. The van der Waals surface area contributed by atoms with Crippen LogP contribution in [0.5, 0.6) is 11.5 Å². The van der Waals surface area contributed by atoms with E-state index in [4.69, 9.17) is 9.47 Å². The third kappa shape index (κ3) is 5.52. The Morgan fingerprint density at radius 1 is 1.03 bits per heavy atom. The van der Waals surface area contributed by atoms with E-state index in [0.717, 1.165) is 9.87 Å². The van der Waals surface area contributed by atoms with Gasteiger partial charge >= 0.3 is 0 Å². The highest BCUT2D eigenvalue weighted by atomic mass is 32.2.